The topological polar surface area (TPSA) is 71.1 Å². The molecule has 2 aliphatic rings. The Bertz CT molecular complexity index is 660. The molecule has 0 unspecified atom stereocenters. The fourth-order valence-corrected chi connectivity index (χ4v) is 3.76. The average molecular weight is 375 g/mol. The van der Waals surface area contributed by atoms with Crippen molar-refractivity contribution >= 4 is 11.9 Å². The molecule has 0 aromatic heterocycles. The number of piperazine rings is 1. The van der Waals surface area contributed by atoms with Gasteiger partial charge in [0.25, 0.3) is 0 Å². The normalized spacial score (nSPS) is 19.1. The summed E-state index contributed by atoms with van der Waals surface area (Å²) >= 11 is 0. The van der Waals surface area contributed by atoms with Gasteiger partial charge in [-0.15, -0.1) is 0 Å². The number of carbonyl (C=O) groups excluding carboxylic acids is 2. The number of urea groups is 1. The predicted molar refractivity (Wildman–Crippen MR) is 102 cm³/mol. The van der Waals surface area contributed by atoms with Crippen LogP contribution in [0.2, 0.25) is 0 Å². The Labute approximate surface area is 160 Å². The number of hydrogen-bond donors (Lipinski definition) is 1. The molecule has 1 aromatic carbocycles. The minimum Gasteiger partial charge on any atom is -0.493 e. The first kappa shape index (κ1) is 19.3. The third-order valence-electron chi connectivity index (χ3n) is 5.24. The van der Waals surface area contributed by atoms with Crippen LogP contribution in [0.5, 0.6) is 11.5 Å². The fourth-order valence-electron chi connectivity index (χ4n) is 3.76. The van der Waals surface area contributed by atoms with E-state index in [9.17, 15) is 9.59 Å². The van der Waals surface area contributed by atoms with Crippen molar-refractivity contribution in [1.29, 1.82) is 0 Å². The molecular weight excluding hydrogens is 346 g/mol. The van der Waals surface area contributed by atoms with Gasteiger partial charge in [0.2, 0.25) is 5.91 Å². The van der Waals surface area contributed by atoms with Crippen LogP contribution < -0.4 is 14.8 Å². The molecule has 1 saturated carbocycles. The highest BCUT2D eigenvalue weighted by Gasteiger charge is 2.33. The van der Waals surface area contributed by atoms with Crippen LogP contribution in [-0.4, -0.2) is 67.2 Å². The molecular formula is C20H29N3O4. The van der Waals surface area contributed by atoms with Gasteiger partial charge in [-0.1, -0.05) is 25.0 Å². The summed E-state index contributed by atoms with van der Waals surface area (Å²) in [6.07, 6.45) is 4.58. The number of benzene rings is 1. The number of nitrogens with zero attached hydrogens (tertiary/aromatic N) is 2. The van der Waals surface area contributed by atoms with Crippen LogP contribution in [0.3, 0.4) is 0 Å². The van der Waals surface area contributed by atoms with Gasteiger partial charge in [-0.25, -0.2) is 4.79 Å². The zero-order valence-corrected chi connectivity index (χ0v) is 16.1. The van der Waals surface area contributed by atoms with E-state index in [1.165, 1.54) is 12.8 Å². The number of rotatable bonds is 6. The molecule has 148 valence electrons. The molecule has 1 saturated heterocycles. The number of ether oxygens (including phenoxy) is 2. The number of nitrogens with one attached hydrogen (secondary N) is 1. The van der Waals surface area contributed by atoms with Crippen LogP contribution in [0, 0.1) is 0 Å². The van der Waals surface area contributed by atoms with Crippen molar-refractivity contribution in [3.8, 4) is 11.5 Å². The third-order valence-corrected chi connectivity index (χ3v) is 5.24. The molecule has 1 atom stereocenters. The Hall–Kier alpha value is -2.44. The lowest BCUT2D eigenvalue weighted by Gasteiger charge is -2.38. The van der Waals surface area contributed by atoms with Crippen molar-refractivity contribution in [3.63, 3.8) is 0 Å². The Morgan fingerprint density at radius 2 is 1.93 bits per heavy atom. The number of amides is 3. The summed E-state index contributed by atoms with van der Waals surface area (Å²) in [7, 11) is 1.59. The van der Waals surface area contributed by atoms with Crippen LogP contribution in [0.15, 0.2) is 24.3 Å². The molecule has 7 heteroatoms. The Morgan fingerprint density at radius 1 is 1.22 bits per heavy atom. The lowest BCUT2D eigenvalue weighted by molar-refractivity contribution is -0.137. The number of hydrogen-bond acceptors (Lipinski definition) is 4. The van der Waals surface area contributed by atoms with Gasteiger partial charge in [0, 0.05) is 19.1 Å². The smallest absolute Gasteiger partial charge is 0.318 e. The molecule has 1 aliphatic carbocycles. The van der Waals surface area contributed by atoms with E-state index in [1.54, 1.807) is 12.0 Å². The highest BCUT2D eigenvalue weighted by atomic mass is 16.5. The zero-order valence-electron chi connectivity index (χ0n) is 16.1. The molecule has 0 radical (unpaired) electrons. The first-order chi connectivity index (χ1) is 13.1. The van der Waals surface area contributed by atoms with Crippen molar-refractivity contribution in [2.24, 2.45) is 0 Å². The summed E-state index contributed by atoms with van der Waals surface area (Å²) in [6, 6.07) is 7.37. The number of carbonyl (C=O) groups is 2. The van der Waals surface area contributed by atoms with E-state index in [0.29, 0.717) is 37.2 Å². The van der Waals surface area contributed by atoms with Gasteiger partial charge in [0.05, 0.1) is 13.2 Å². The van der Waals surface area contributed by atoms with Crippen molar-refractivity contribution in [2.75, 3.05) is 33.4 Å². The first-order valence-corrected chi connectivity index (χ1v) is 9.69. The second-order valence-corrected chi connectivity index (χ2v) is 7.26. The highest BCUT2D eigenvalue weighted by Crippen LogP contribution is 2.26. The summed E-state index contributed by atoms with van der Waals surface area (Å²) in [6.45, 7) is 3.56. The van der Waals surface area contributed by atoms with Crippen molar-refractivity contribution < 1.29 is 19.1 Å². The predicted octanol–water partition coefficient (Wildman–Crippen LogP) is 2.26. The van der Waals surface area contributed by atoms with E-state index >= 15 is 0 Å². The highest BCUT2D eigenvalue weighted by molar-refractivity contribution is 5.85. The maximum atomic E-state index is 12.5. The van der Waals surface area contributed by atoms with Gasteiger partial charge in [0.1, 0.15) is 13.2 Å². The molecule has 27 heavy (non-hydrogen) atoms. The fraction of sp³-hybridized carbons (Fsp3) is 0.600. The molecule has 1 aromatic rings. The van der Waals surface area contributed by atoms with E-state index in [-0.39, 0.29) is 24.5 Å². The van der Waals surface area contributed by atoms with E-state index in [4.69, 9.17) is 9.47 Å². The molecule has 0 spiro atoms. The molecule has 1 aliphatic heterocycles. The maximum Gasteiger partial charge on any atom is 0.318 e. The van der Waals surface area contributed by atoms with Gasteiger partial charge >= 0.3 is 6.03 Å². The number of para-hydroxylation sites is 2. The van der Waals surface area contributed by atoms with E-state index in [2.05, 4.69) is 5.32 Å². The molecule has 3 amide bonds. The van der Waals surface area contributed by atoms with E-state index in [1.807, 2.05) is 36.1 Å². The SMILES string of the molecule is COc1ccccc1OC[C@H](C)NC(=O)N1CCN(C2CCCC2)C(=O)C1. The van der Waals surface area contributed by atoms with Crippen LogP contribution in [0.1, 0.15) is 32.6 Å². The summed E-state index contributed by atoms with van der Waals surface area (Å²) in [5.41, 5.74) is 0. The standard InChI is InChI=1S/C20H29N3O4/c1-15(14-27-18-10-6-5-9-17(18)26-2)21-20(25)22-11-12-23(19(24)13-22)16-7-3-4-8-16/h5-6,9-10,15-16H,3-4,7-8,11-14H2,1-2H3,(H,21,25)/t15-/m0/s1. The summed E-state index contributed by atoms with van der Waals surface area (Å²) in [4.78, 5) is 28.5. The summed E-state index contributed by atoms with van der Waals surface area (Å²) in [5, 5.41) is 2.91. The van der Waals surface area contributed by atoms with Gasteiger partial charge in [-0.3, -0.25) is 4.79 Å². The van der Waals surface area contributed by atoms with Crippen molar-refractivity contribution in [3.05, 3.63) is 24.3 Å². The lowest BCUT2D eigenvalue weighted by Crippen LogP contribution is -2.57. The second kappa shape index (κ2) is 8.97. The quantitative estimate of drug-likeness (QED) is 0.828. The monoisotopic (exact) mass is 375 g/mol. The molecule has 0 bridgehead atoms. The lowest BCUT2D eigenvalue weighted by atomic mass is 10.2. The van der Waals surface area contributed by atoms with E-state index in [0.717, 1.165) is 12.8 Å². The van der Waals surface area contributed by atoms with Crippen LogP contribution in [0.4, 0.5) is 4.79 Å². The minimum atomic E-state index is -0.217. The van der Waals surface area contributed by atoms with Gasteiger partial charge in [-0.05, 0) is 31.9 Å². The van der Waals surface area contributed by atoms with E-state index < -0.39 is 0 Å². The molecule has 7 nitrogen and oxygen atoms in total. The molecule has 3 rings (SSSR count). The van der Waals surface area contributed by atoms with Crippen molar-refractivity contribution in [1.82, 2.24) is 15.1 Å². The van der Waals surface area contributed by atoms with Crippen LogP contribution in [0.25, 0.3) is 0 Å². The zero-order chi connectivity index (χ0) is 19.2. The van der Waals surface area contributed by atoms with Gasteiger partial charge in [-0.2, -0.15) is 0 Å². The maximum absolute atomic E-state index is 12.5. The van der Waals surface area contributed by atoms with Crippen LogP contribution in [-0.2, 0) is 4.79 Å². The first-order valence-electron chi connectivity index (χ1n) is 9.69. The number of methoxy groups -OCH3 is 1. The van der Waals surface area contributed by atoms with Crippen LogP contribution >= 0.6 is 0 Å². The van der Waals surface area contributed by atoms with Gasteiger partial charge < -0.3 is 24.6 Å². The molecule has 2 fully saturated rings. The summed E-state index contributed by atoms with van der Waals surface area (Å²) < 4.78 is 11.0. The van der Waals surface area contributed by atoms with Gasteiger partial charge in [0.15, 0.2) is 11.5 Å². The Kier molecular flexibility index (Phi) is 6.42. The minimum absolute atomic E-state index is 0.0567. The summed E-state index contributed by atoms with van der Waals surface area (Å²) in [5.74, 6) is 1.35. The van der Waals surface area contributed by atoms with Crippen molar-refractivity contribution in [2.45, 2.75) is 44.7 Å². The largest absolute Gasteiger partial charge is 0.493 e. The average Bonchev–Trinajstić information content (AvgIpc) is 3.20. The Morgan fingerprint density at radius 3 is 2.59 bits per heavy atom. The molecule has 1 N–H and O–H groups in total. The molecule has 1 heterocycles. The second-order valence-electron chi connectivity index (χ2n) is 7.26. The Balaban J connectivity index is 1.45. The third kappa shape index (κ3) is 4.84.